The molecule has 1 aromatic carbocycles. The number of aliphatic hydroxyl groups excluding tert-OH is 10. The van der Waals surface area contributed by atoms with Crippen LogP contribution in [-0.4, -0.2) is 293 Å². The minimum absolute atomic E-state index is 0.556. The van der Waals surface area contributed by atoms with Gasteiger partial charge in [-0.1, -0.05) is 36.4 Å². The lowest BCUT2D eigenvalue weighted by atomic mass is 9.85. The van der Waals surface area contributed by atoms with Crippen molar-refractivity contribution in [2.24, 2.45) is 17.2 Å². The fourth-order valence-electron chi connectivity index (χ4n) is 10.4. The van der Waals surface area contributed by atoms with Gasteiger partial charge in [-0.05, 0) is 19.4 Å². The summed E-state index contributed by atoms with van der Waals surface area (Å²) in [7, 11) is -5.88. The molecule has 5 saturated heterocycles. The van der Waals surface area contributed by atoms with Gasteiger partial charge in [-0.15, -0.1) is 6.58 Å². The van der Waals surface area contributed by atoms with Crippen LogP contribution >= 0.6 is 7.82 Å². The predicted molar refractivity (Wildman–Crippen MR) is 283 cm³/mol. The van der Waals surface area contributed by atoms with Gasteiger partial charge in [0.05, 0.1) is 38.6 Å². The van der Waals surface area contributed by atoms with Gasteiger partial charge in [0, 0.05) is 19.8 Å². The minimum Gasteiger partial charge on any atom is -0.479 e. The number of carboxylic acid groups (broad SMARTS) is 1. The zero-order valence-electron chi connectivity index (χ0n) is 47.7. The standard InChI is InChI=1S/C50H76N5O33P/c1-6-20(19-10-8-7-9-11-19)21(59)13-76-24(43(70)71)15-78-89(74,75)88-48-38(39(87-49(53)72)50(5,73)40(86-48)42(52)69)85-45-26(55-18(4)58)29(62)36(23(81-45)14-77-46-33(66)30(63)27(60)22(12-56)80-46)83-44-25(54-17(3)57)28(61)35(16(2)79-44)82-47-34(67)31(64)32(65)37(84-47)41(51)68/h6-11,16,20-40,44-48,56,59-67,73H,1,12-15H2,2-5H3,(H2,51,68)(H2,52,69)(H2,53,72)(H,54,57)(H,55,58)(H,70,71)(H,74,75)/t16-,20?,21?,22-,23-,24-,25-,26-,27-,28-,29-,30+,31+,32-,33-,34-,35-,36-,37+,38-,39-,40-,44+,45+,46-,47-,48-,50+/m1/s1. The zero-order valence-corrected chi connectivity index (χ0v) is 48.6. The summed E-state index contributed by atoms with van der Waals surface area (Å²) in [5, 5.41) is 135. The SMILES string of the molecule is C=CC(c1ccccc1)C(O)CO[C@H](COP(=O)(O)O[C@H]1O[C@H](C(N)=O)[C@@](C)(O)[C@H](OC(N)=O)[C@H]1O[C@@H]1O[C@H](CO[C@@H]2O[C@H](CO)[C@@H](O)[C@H](O)[C@H]2O)[C@@H](O[C@@H]2O[C@H](C)[C@@H](O[C@@H]3O[C@H](C(N)=O)[C@H](O)[C@H](O)[C@H]3O)[C@H](O)[C@H]2NC(C)=O)[C@H](O)[C@H]1NC(C)=O)C(=O)O. The monoisotopic (exact) mass is 1310 g/mol. The van der Waals surface area contributed by atoms with Gasteiger partial charge in [-0.25, -0.2) is 14.2 Å². The lowest BCUT2D eigenvalue weighted by Gasteiger charge is -2.52. The van der Waals surface area contributed by atoms with Crippen LogP contribution in [0.3, 0.4) is 0 Å². The molecule has 3 unspecified atom stereocenters. The second-order valence-electron chi connectivity index (χ2n) is 21.5. The first kappa shape index (κ1) is 72.9. The number of ether oxygens (including phenoxy) is 11. The Kier molecular flexibility index (Phi) is 25.4. The number of aliphatic carboxylic acids is 1. The van der Waals surface area contributed by atoms with E-state index in [1.807, 2.05) is 0 Å². The molecule has 504 valence electrons. The molecular formula is C50H76N5O33P. The summed E-state index contributed by atoms with van der Waals surface area (Å²) < 4.78 is 87.4. The van der Waals surface area contributed by atoms with Crippen LogP contribution < -0.4 is 27.8 Å². The first-order valence-electron chi connectivity index (χ1n) is 27.2. The average Bonchev–Trinajstić information content (AvgIpc) is 1.10. The number of hydrogen-bond donors (Lipinski definition) is 18. The molecular weight excluding hydrogens is 1230 g/mol. The largest absolute Gasteiger partial charge is 0.479 e. The Bertz CT molecular complexity index is 2640. The predicted octanol–water partition coefficient (Wildman–Crippen LogP) is -9.19. The molecule has 89 heavy (non-hydrogen) atoms. The number of phosphoric acid groups is 1. The Hall–Kier alpha value is -5.15. The van der Waals surface area contributed by atoms with Crippen molar-refractivity contribution < 1.29 is 161 Å². The molecule has 29 atom stereocenters. The summed E-state index contributed by atoms with van der Waals surface area (Å²) in [6.45, 7) is 3.44. The van der Waals surface area contributed by atoms with E-state index in [0.29, 0.717) is 5.56 Å². The van der Waals surface area contributed by atoms with E-state index in [1.54, 1.807) is 30.3 Å². The first-order chi connectivity index (χ1) is 41.6. The van der Waals surface area contributed by atoms with Crippen molar-refractivity contribution in [3.63, 3.8) is 0 Å². The van der Waals surface area contributed by atoms with E-state index >= 15 is 0 Å². The maximum absolute atomic E-state index is 13.9. The summed E-state index contributed by atoms with van der Waals surface area (Å²) in [5.41, 5.74) is 13.9. The highest BCUT2D eigenvalue weighted by Crippen LogP contribution is 2.49. The summed E-state index contributed by atoms with van der Waals surface area (Å²) in [6, 6.07) is 4.37. The van der Waals surface area contributed by atoms with Gasteiger partial charge in [-0.3, -0.25) is 28.2 Å². The molecule has 0 spiro atoms. The third kappa shape index (κ3) is 17.5. The maximum Gasteiger partial charge on any atom is 0.474 e. The van der Waals surface area contributed by atoms with E-state index < -0.39 is 241 Å². The summed E-state index contributed by atoms with van der Waals surface area (Å²) in [5.74, 6) is -7.38. The highest BCUT2D eigenvalue weighted by Gasteiger charge is 2.62. The number of hydrogen-bond acceptors (Lipinski definition) is 31. The fraction of sp³-hybridized carbons (Fsp3) is 0.720. The van der Waals surface area contributed by atoms with Gasteiger partial charge in [0.25, 0.3) is 0 Å². The van der Waals surface area contributed by atoms with Gasteiger partial charge in [0.15, 0.2) is 62.0 Å². The minimum atomic E-state index is -5.88. The van der Waals surface area contributed by atoms with Gasteiger partial charge in [0.1, 0.15) is 90.9 Å². The second kappa shape index (κ2) is 31.0. The summed E-state index contributed by atoms with van der Waals surface area (Å²) in [4.78, 5) is 87.1. The van der Waals surface area contributed by atoms with Crippen LogP contribution in [0.5, 0.6) is 0 Å². The number of carboxylic acids is 1. The van der Waals surface area contributed by atoms with Crippen molar-refractivity contribution in [2.45, 2.75) is 199 Å². The Morgan fingerprint density at radius 2 is 1.26 bits per heavy atom. The smallest absolute Gasteiger partial charge is 0.474 e. The van der Waals surface area contributed by atoms with Gasteiger partial charge < -0.3 is 146 Å². The number of nitrogens with two attached hydrogens (primary N) is 3. The molecule has 38 nitrogen and oxygen atoms in total. The van der Waals surface area contributed by atoms with E-state index in [4.69, 9.17) is 78.4 Å². The van der Waals surface area contributed by atoms with E-state index in [1.165, 1.54) is 13.0 Å². The van der Waals surface area contributed by atoms with E-state index in [9.17, 15) is 99.5 Å². The van der Waals surface area contributed by atoms with Crippen molar-refractivity contribution in [3.8, 4) is 0 Å². The fourth-order valence-corrected chi connectivity index (χ4v) is 11.2. The highest BCUT2D eigenvalue weighted by molar-refractivity contribution is 7.47. The number of aliphatic hydroxyl groups is 11. The van der Waals surface area contributed by atoms with Crippen molar-refractivity contribution in [3.05, 3.63) is 48.6 Å². The highest BCUT2D eigenvalue weighted by atomic mass is 31.2. The van der Waals surface area contributed by atoms with Gasteiger partial charge >= 0.3 is 19.9 Å². The van der Waals surface area contributed by atoms with Crippen LogP contribution in [0.2, 0.25) is 0 Å². The van der Waals surface area contributed by atoms with Gasteiger partial charge in [-0.2, -0.15) is 0 Å². The molecule has 0 aliphatic carbocycles. The molecule has 5 aliphatic heterocycles. The normalized spacial score (nSPS) is 40.0. The third-order valence-electron chi connectivity index (χ3n) is 14.9. The number of carbonyl (C=O) groups excluding carboxylic acids is 5. The van der Waals surface area contributed by atoms with Crippen molar-refractivity contribution in [1.29, 1.82) is 0 Å². The average molecular weight is 1310 g/mol. The molecule has 5 aliphatic rings. The molecule has 0 bridgehead atoms. The molecule has 0 radical (unpaired) electrons. The molecule has 5 fully saturated rings. The number of phosphoric ester groups is 1. The van der Waals surface area contributed by atoms with Crippen LogP contribution in [0.15, 0.2) is 43.0 Å². The number of rotatable bonds is 27. The molecule has 5 amide bonds. The van der Waals surface area contributed by atoms with Gasteiger partial charge in [0.2, 0.25) is 23.6 Å². The maximum atomic E-state index is 13.9. The third-order valence-corrected chi connectivity index (χ3v) is 15.8. The van der Waals surface area contributed by atoms with E-state index in [2.05, 4.69) is 17.2 Å². The number of carbonyl (C=O) groups is 6. The van der Waals surface area contributed by atoms with Crippen LogP contribution in [0.4, 0.5) is 4.79 Å². The Balaban J connectivity index is 1.35. The van der Waals surface area contributed by atoms with Crippen LogP contribution in [-0.2, 0) is 89.7 Å². The topological polar surface area (TPSA) is 605 Å². The Labute approximate surface area is 504 Å². The molecule has 5 heterocycles. The Morgan fingerprint density at radius 1 is 0.708 bits per heavy atom. The lowest BCUT2D eigenvalue weighted by molar-refractivity contribution is -0.375. The summed E-state index contributed by atoms with van der Waals surface area (Å²) >= 11 is 0. The summed E-state index contributed by atoms with van der Waals surface area (Å²) in [6.07, 6.45) is -50.1. The quantitative estimate of drug-likeness (QED) is 0.0287. The van der Waals surface area contributed by atoms with E-state index in [0.717, 1.165) is 20.8 Å². The Morgan fingerprint density at radius 3 is 1.81 bits per heavy atom. The first-order valence-corrected chi connectivity index (χ1v) is 28.7. The number of amides is 5. The zero-order chi connectivity index (χ0) is 66.3. The van der Waals surface area contributed by atoms with Crippen molar-refractivity contribution >= 4 is 43.5 Å². The number of primary amides is 3. The van der Waals surface area contributed by atoms with Crippen LogP contribution in [0.25, 0.3) is 0 Å². The number of benzene rings is 1. The molecule has 1 aromatic rings. The van der Waals surface area contributed by atoms with Crippen molar-refractivity contribution in [1.82, 2.24) is 10.6 Å². The molecule has 0 aromatic heterocycles. The molecule has 39 heteroatoms. The lowest BCUT2D eigenvalue weighted by Crippen LogP contribution is -2.72. The second-order valence-corrected chi connectivity index (χ2v) is 22.9. The molecule has 6 rings (SSSR count). The molecule has 0 saturated carbocycles. The number of nitrogens with one attached hydrogen (secondary N) is 2. The van der Waals surface area contributed by atoms with Crippen LogP contribution in [0, 0.1) is 0 Å². The van der Waals surface area contributed by atoms with E-state index in [-0.39, 0.29) is 0 Å². The molecule has 21 N–H and O–H groups in total. The van der Waals surface area contributed by atoms with Crippen LogP contribution in [0.1, 0.15) is 39.2 Å². The van der Waals surface area contributed by atoms with Crippen molar-refractivity contribution in [2.75, 3.05) is 26.4 Å².